The molecular formula is C20H24F3N3O5S. The third kappa shape index (κ3) is 4.75. The number of pyridine rings is 1. The lowest BCUT2D eigenvalue weighted by Gasteiger charge is -2.37. The number of rotatable bonds is 1. The molecule has 1 saturated heterocycles. The molecule has 1 amide bonds. The molecule has 2 fully saturated rings. The maximum absolute atomic E-state index is 12.9. The molecule has 1 aliphatic carbocycles. The Hall–Kier alpha value is -2.21. The van der Waals surface area contributed by atoms with Crippen molar-refractivity contribution in [3.8, 4) is 5.88 Å². The average Bonchev–Trinajstić information content (AvgIpc) is 2.77. The molecule has 0 aromatic carbocycles. The van der Waals surface area contributed by atoms with Crippen LogP contribution in [0.25, 0.3) is 0 Å². The molecule has 4 aliphatic rings. The van der Waals surface area contributed by atoms with E-state index in [-0.39, 0.29) is 50.3 Å². The molecule has 1 aromatic rings. The first-order valence-corrected chi connectivity index (χ1v) is 12.0. The van der Waals surface area contributed by atoms with E-state index >= 15 is 0 Å². The Balaban J connectivity index is 1.66. The van der Waals surface area contributed by atoms with E-state index in [1.54, 1.807) is 6.20 Å². The summed E-state index contributed by atoms with van der Waals surface area (Å²) in [6.45, 7) is -0.238. The number of hydrogen-bond acceptors (Lipinski definition) is 6. The fraction of sp³-hybridized carbons (Fsp3) is 0.650. The lowest BCUT2D eigenvalue weighted by molar-refractivity contribution is -0.136. The maximum atomic E-state index is 12.9. The zero-order chi connectivity index (χ0) is 22.9. The van der Waals surface area contributed by atoms with Gasteiger partial charge in [-0.15, -0.1) is 0 Å². The van der Waals surface area contributed by atoms with Crippen molar-refractivity contribution in [2.24, 2.45) is 4.40 Å². The van der Waals surface area contributed by atoms with Gasteiger partial charge in [0.05, 0.1) is 24.5 Å². The van der Waals surface area contributed by atoms with E-state index in [0.717, 1.165) is 31.2 Å². The fourth-order valence-corrected chi connectivity index (χ4v) is 5.17. The van der Waals surface area contributed by atoms with Crippen LogP contribution in [0.2, 0.25) is 0 Å². The number of nitrogens with zero attached hydrogens (tertiary/aromatic N) is 3. The summed E-state index contributed by atoms with van der Waals surface area (Å²) in [5, 5.41) is 0. The summed E-state index contributed by atoms with van der Waals surface area (Å²) in [6, 6.07) is 2.74. The summed E-state index contributed by atoms with van der Waals surface area (Å²) < 4.78 is 76.9. The summed E-state index contributed by atoms with van der Waals surface area (Å²) in [6.07, 6.45) is 4.86. The number of piperidine rings is 1. The van der Waals surface area contributed by atoms with Crippen LogP contribution in [0.5, 0.6) is 5.88 Å². The predicted molar refractivity (Wildman–Crippen MR) is 108 cm³/mol. The van der Waals surface area contributed by atoms with Crippen LogP contribution in [0.15, 0.2) is 22.7 Å². The highest BCUT2D eigenvalue weighted by Crippen LogP contribution is 2.38. The first-order valence-electron chi connectivity index (χ1n) is 10.5. The molecule has 4 heterocycles. The third-order valence-corrected chi connectivity index (χ3v) is 7.24. The molecule has 8 nitrogen and oxygen atoms in total. The van der Waals surface area contributed by atoms with Crippen molar-refractivity contribution in [3.63, 3.8) is 0 Å². The Morgan fingerprint density at radius 3 is 2.66 bits per heavy atom. The summed E-state index contributed by atoms with van der Waals surface area (Å²) in [5.74, 6) is 0.0937. The van der Waals surface area contributed by atoms with E-state index in [0.29, 0.717) is 5.88 Å². The normalized spacial score (nSPS) is 28.7. The van der Waals surface area contributed by atoms with Gasteiger partial charge in [0, 0.05) is 18.3 Å². The van der Waals surface area contributed by atoms with Crippen molar-refractivity contribution in [1.82, 2.24) is 9.88 Å². The molecule has 1 saturated carbocycles. The second-order valence-electron chi connectivity index (χ2n) is 8.20. The number of halogens is 3. The number of aromatic nitrogens is 1. The fourth-order valence-electron chi connectivity index (χ4n) is 4.55. The van der Waals surface area contributed by atoms with Gasteiger partial charge in [-0.05, 0) is 50.5 Å². The summed E-state index contributed by atoms with van der Waals surface area (Å²) in [5.41, 5.74) is -4.80. The molecule has 1 aromatic heterocycles. The van der Waals surface area contributed by atoms with Crippen molar-refractivity contribution < 1.29 is 35.9 Å². The minimum Gasteiger partial charge on any atom is -0.467 e. The van der Waals surface area contributed by atoms with Crippen LogP contribution in [0.1, 0.15) is 50.0 Å². The van der Waals surface area contributed by atoms with Crippen LogP contribution in [-0.2, 0) is 19.6 Å². The van der Waals surface area contributed by atoms with Gasteiger partial charge in [0.1, 0.15) is 0 Å². The van der Waals surface area contributed by atoms with Gasteiger partial charge in [0.2, 0.25) is 5.88 Å². The molecule has 3 aliphatic heterocycles. The molecule has 32 heavy (non-hydrogen) atoms. The largest absolute Gasteiger partial charge is 0.518 e. The minimum absolute atomic E-state index is 0.0328. The Morgan fingerprint density at radius 1 is 1.19 bits per heavy atom. The van der Waals surface area contributed by atoms with Gasteiger partial charge < -0.3 is 14.4 Å². The second kappa shape index (κ2) is 8.97. The van der Waals surface area contributed by atoms with Crippen LogP contribution < -0.4 is 4.74 Å². The number of ether oxygens (including phenoxy) is 2. The van der Waals surface area contributed by atoms with Gasteiger partial charge in [-0.25, -0.2) is 4.98 Å². The first-order chi connectivity index (χ1) is 15.2. The molecule has 5 rings (SSSR count). The Morgan fingerprint density at radius 2 is 1.94 bits per heavy atom. The van der Waals surface area contributed by atoms with Crippen LogP contribution >= 0.6 is 0 Å². The van der Waals surface area contributed by atoms with Gasteiger partial charge in [0.25, 0.3) is 5.91 Å². The number of hydrogen-bond donors (Lipinski definition) is 0. The molecule has 2 bridgehead atoms. The van der Waals surface area contributed by atoms with E-state index in [1.807, 2.05) is 12.1 Å². The lowest BCUT2D eigenvalue weighted by Crippen LogP contribution is -2.53. The van der Waals surface area contributed by atoms with Crippen LogP contribution in [-0.4, -0.2) is 67.3 Å². The molecule has 1 atom stereocenters. The highest BCUT2D eigenvalue weighted by molar-refractivity contribution is 7.91. The van der Waals surface area contributed by atoms with Crippen LogP contribution in [0, 0.1) is 0 Å². The SMILES string of the molecule is O=C1COc2ncccc2C2CCC(CC2)OCC2/C(=N/S(=O)(=O)C(F)(F)F)CCCN12. The summed E-state index contributed by atoms with van der Waals surface area (Å²) in [4.78, 5) is 18.5. The number of fused-ring (bicyclic) bond motifs is 5. The van der Waals surface area contributed by atoms with Crippen molar-refractivity contribution in [2.75, 3.05) is 19.8 Å². The van der Waals surface area contributed by atoms with Crippen molar-refractivity contribution in [1.29, 1.82) is 0 Å². The summed E-state index contributed by atoms with van der Waals surface area (Å²) in [7, 11) is -5.72. The smallest absolute Gasteiger partial charge is 0.467 e. The van der Waals surface area contributed by atoms with Crippen LogP contribution in [0.4, 0.5) is 13.2 Å². The van der Waals surface area contributed by atoms with Gasteiger partial charge in [-0.2, -0.15) is 26.0 Å². The first kappa shape index (κ1) is 23.0. The third-order valence-electron chi connectivity index (χ3n) is 6.18. The molecule has 0 radical (unpaired) electrons. The highest BCUT2D eigenvalue weighted by atomic mass is 32.2. The molecule has 1 unspecified atom stereocenters. The molecule has 12 heteroatoms. The van der Waals surface area contributed by atoms with Gasteiger partial charge in [0.15, 0.2) is 6.61 Å². The van der Waals surface area contributed by atoms with E-state index < -0.39 is 27.5 Å². The minimum atomic E-state index is -5.72. The number of carbonyl (C=O) groups excluding carboxylic acids is 1. The number of alkyl halides is 3. The predicted octanol–water partition coefficient (Wildman–Crippen LogP) is 2.80. The zero-order valence-electron chi connectivity index (χ0n) is 17.3. The van der Waals surface area contributed by atoms with E-state index in [1.165, 1.54) is 4.90 Å². The Kier molecular flexibility index (Phi) is 6.44. The summed E-state index contributed by atoms with van der Waals surface area (Å²) >= 11 is 0. The Bertz CT molecular complexity index is 990. The van der Waals surface area contributed by atoms with Crippen molar-refractivity contribution >= 4 is 21.6 Å². The molecule has 176 valence electrons. The van der Waals surface area contributed by atoms with Gasteiger partial charge in [-0.1, -0.05) is 6.07 Å². The van der Waals surface area contributed by atoms with E-state index in [4.69, 9.17) is 9.47 Å². The average molecular weight is 475 g/mol. The maximum Gasteiger partial charge on any atom is 0.518 e. The van der Waals surface area contributed by atoms with Gasteiger partial charge >= 0.3 is 15.5 Å². The zero-order valence-corrected chi connectivity index (χ0v) is 18.1. The Labute approximate surface area is 183 Å². The van der Waals surface area contributed by atoms with E-state index in [9.17, 15) is 26.4 Å². The van der Waals surface area contributed by atoms with Gasteiger partial charge in [-0.3, -0.25) is 4.79 Å². The van der Waals surface area contributed by atoms with Crippen molar-refractivity contribution in [2.45, 2.75) is 62.1 Å². The van der Waals surface area contributed by atoms with Crippen molar-refractivity contribution in [3.05, 3.63) is 23.9 Å². The van der Waals surface area contributed by atoms with Crippen LogP contribution in [0.3, 0.4) is 0 Å². The highest BCUT2D eigenvalue weighted by Gasteiger charge is 2.47. The van der Waals surface area contributed by atoms with E-state index in [2.05, 4.69) is 9.38 Å². The monoisotopic (exact) mass is 475 g/mol. The second-order valence-corrected chi connectivity index (χ2v) is 9.80. The lowest BCUT2D eigenvalue weighted by atomic mass is 9.83. The number of carbonyl (C=O) groups is 1. The number of sulfonamides is 1. The molecule has 0 spiro atoms. The molecular weight excluding hydrogens is 451 g/mol. The number of amides is 1. The standard InChI is InChI=1S/C20H24F3N3O5S/c21-20(22,23)32(28,29)25-16-4-2-10-26-17(16)11-30-14-7-5-13(6-8-14)15-3-1-9-24-19(15)31-12-18(26)27/h1,3,9,13-14,17H,2,4-8,10-12H2/b25-16+. The topological polar surface area (TPSA) is 98.2 Å². The molecule has 0 N–H and O–H groups in total. The quantitative estimate of drug-likeness (QED) is 0.620.